The smallest absolute Gasteiger partial charge is 0.137 e. The Bertz CT molecular complexity index is 403. The molecule has 0 spiro atoms. The fourth-order valence-electron chi connectivity index (χ4n) is 1.54. The first-order chi connectivity index (χ1) is 7.25. The third kappa shape index (κ3) is 2.65. The molecule has 0 aromatic carbocycles. The summed E-state index contributed by atoms with van der Waals surface area (Å²) in [7, 11) is 0. The van der Waals surface area contributed by atoms with Crippen LogP contribution in [0.2, 0.25) is 0 Å². The lowest BCUT2D eigenvalue weighted by Gasteiger charge is -2.08. The Balaban J connectivity index is 2.11. The van der Waals surface area contributed by atoms with Gasteiger partial charge in [0, 0.05) is 13.0 Å². The molecule has 0 radical (unpaired) electrons. The molecule has 0 saturated heterocycles. The molecule has 0 aliphatic heterocycles. The second-order valence-electron chi connectivity index (χ2n) is 4.10. The summed E-state index contributed by atoms with van der Waals surface area (Å²) in [5, 5.41) is 12.4. The van der Waals surface area contributed by atoms with Crippen molar-refractivity contribution in [2.75, 3.05) is 0 Å². The predicted molar refractivity (Wildman–Crippen MR) is 62.0 cm³/mol. The number of hydrogen-bond acceptors (Lipinski definition) is 3. The zero-order valence-electron chi connectivity index (χ0n) is 9.05. The molecule has 0 aliphatic rings. The molecule has 2 heterocycles. The molecule has 2 aromatic heterocycles. The molecular weight excluding hydrogens is 206 g/mol. The second kappa shape index (κ2) is 4.57. The Morgan fingerprint density at radius 3 is 3.00 bits per heavy atom. The Morgan fingerprint density at radius 2 is 2.33 bits per heavy atom. The monoisotopic (exact) mass is 221 g/mol. The van der Waals surface area contributed by atoms with Gasteiger partial charge < -0.3 is 4.57 Å². The van der Waals surface area contributed by atoms with E-state index < -0.39 is 0 Å². The van der Waals surface area contributed by atoms with E-state index in [4.69, 9.17) is 0 Å². The van der Waals surface area contributed by atoms with E-state index in [0.29, 0.717) is 5.92 Å². The van der Waals surface area contributed by atoms with Gasteiger partial charge in [0.25, 0.3) is 0 Å². The number of nitrogens with zero attached hydrogens (tertiary/aromatic N) is 3. The number of thiophene rings is 1. The van der Waals surface area contributed by atoms with Gasteiger partial charge in [-0.05, 0) is 28.3 Å². The van der Waals surface area contributed by atoms with Crippen LogP contribution < -0.4 is 0 Å². The van der Waals surface area contributed by atoms with E-state index in [1.165, 1.54) is 5.56 Å². The van der Waals surface area contributed by atoms with Crippen LogP contribution in [-0.4, -0.2) is 14.8 Å². The van der Waals surface area contributed by atoms with Crippen LogP contribution in [0.15, 0.2) is 23.2 Å². The number of hydrogen-bond donors (Lipinski definition) is 0. The summed E-state index contributed by atoms with van der Waals surface area (Å²) in [6.45, 7) is 5.40. The largest absolute Gasteiger partial charge is 0.317 e. The van der Waals surface area contributed by atoms with Crippen molar-refractivity contribution in [3.63, 3.8) is 0 Å². The van der Waals surface area contributed by atoms with E-state index in [0.717, 1.165) is 18.8 Å². The molecule has 0 N–H and O–H groups in total. The van der Waals surface area contributed by atoms with E-state index in [-0.39, 0.29) is 0 Å². The molecule has 15 heavy (non-hydrogen) atoms. The zero-order valence-corrected chi connectivity index (χ0v) is 9.87. The van der Waals surface area contributed by atoms with Crippen LogP contribution in [0.25, 0.3) is 0 Å². The highest BCUT2D eigenvalue weighted by atomic mass is 32.1. The zero-order chi connectivity index (χ0) is 10.7. The summed E-state index contributed by atoms with van der Waals surface area (Å²) in [6, 6.07) is 2.14. The molecule has 80 valence electrons. The van der Waals surface area contributed by atoms with E-state index in [1.807, 2.05) is 6.33 Å². The Hall–Kier alpha value is -1.16. The van der Waals surface area contributed by atoms with E-state index in [9.17, 15) is 0 Å². The van der Waals surface area contributed by atoms with Crippen LogP contribution in [0, 0.1) is 5.92 Å². The van der Waals surface area contributed by atoms with Gasteiger partial charge in [-0.15, -0.1) is 10.2 Å². The van der Waals surface area contributed by atoms with Gasteiger partial charge in [0.1, 0.15) is 12.2 Å². The van der Waals surface area contributed by atoms with Gasteiger partial charge in [-0.3, -0.25) is 0 Å². The highest BCUT2D eigenvalue weighted by Gasteiger charge is 2.06. The van der Waals surface area contributed by atoms with E-state index >= 15 is 0 Å². The molecule has 0 unspecified atom stereocenters. The first kappa shape index (κ1) is 10.4. The Morgan fingerprint density at radius 1 is 1.47 bits per heavy atom. The van der Waals surface area contributed by atoms with Gasteiger partial charge in [-0.25, -0.2) is 0 Å². The topological polar surface area (TPSA) is 30.7 Å². The van der Waals surface area contributed by atoms with Gasteiger partial charge in [-0.1, -0.05) is 13.8 Å². The molecule has 0 fully saturated rings. The van der Waals surface area contributed by atoms with Crippen molar-refractivity contribution in [1.82, 2.24) is 14.8 Å². The van der Waals surface area contributed by atoms with Crippen LogP contribution in [0.3, 0.4) is 0 Å². The lowest BCUT2D eigenvalue weighted by molar-refractivity contribution is 0.509. The molecule has 0 aliphatic carbocycles. The van der Waals surface area contributed by atoms with Gasteiger partial charge in [-0.2, -0.15) is 11.3 Å². The fourth-order valence-corrected chi connectivity index (χ4v) is 2.21. The molecule has 2 rings (SSSR count). The van der Waals surface area contributed by atoms with Crippen molar-refractivity contribution in [1.29, 1.82) is 0 Å². The normalized spacial score (nSPS) is 11.1. The molecule has 0 atom stereocenters. The number of aromatic nitrogens is 3. The van der Waals surface area contributed by atoms with E-state index in [2.05, 4.69) is 45.4 Å². The first-order valence-corrected chi connectivity index (χ1v) is 6.07. The minimum atomic E-state index is 0.627. The molecule has 0 amide bonds. The summed E-state index contributed by atoms with van der Waals surface area (Å²) in [6.07, 6.45) is 2.71. The highest BCUT2D eigenvalue weighted by Crippen LogP contribution is 2.11. The van der Waals surface area contributed by atoms with Crippen molar-refractivity contribution in [2.45, 2.75) is 26.8 Å². The lowest BCUT2D eigenvalue weighted by Crippen LogP contribution is -2.08. The minimum absolute atomic E-state index is 0.627. The predicted octanol–water partition coefficient (Wildman–Crippen LogP) is 2.59. The summed E-state index contributed by atoms with van der Waals surface area (Å²) in [5.41, 5.74) is 1.32. The van der Waals surface area contributed by atoms with Crippen molar-refractivity contribution < 1.29 is 0 Å². The number of rotatable bonds is 4. The third-order valence-corrected chi connectivity index (χ3v) is 2.93. The van der Waals surface area contributed by atoms with Crippen molar-refractivity contribution in [2.24, 2.45) is 5.92 Å². The maximum Gasteiger partial charge on any atom is 0.137 e. The molecular formula is C11H15N3S. The average molecular weight is 221 g/mol. The standard InChI is InChI=1S/C11H15N3S/c1-9(2)6-14-8-12-13-11(14)5-10-3-4-15-7-10/h3-4,7-9H,5-6H2,1-2H3. The minimum Gasteiger partial charge on any atom is -0.317 e. The fraction of sp³-hybridized carbons (Fsp3) is 0.455. The van der Waals surface area contributed by atoms with E-state index in [1.54, 1.807) is 11.3 Å². The van der Waals surface area contributed by atoms with Crippen molar-refractivity contribution in [3.8, 4) is 0 Å². The van der Waals surface area contributed by atoms with Crippen LogP contribution in [0.4, 0.5) is 0 Å². The molecule has 0 saturated carbocycles. The van der Waals surface area contributed by atoms with Gasteiger partial charge in [0.15, 0.2) is 0 Å². The summed E-state index contributed by atoms with van der Waals surface area (Å²) in [5.74, 6) is 1.68. The van der Waals surface area contributed by atoms with Crippen LogP contribution in [0.5, 0.6) is 0 Å². The second-order valence-corrected chi connectivity index (χ2v) is 4.88. The van der Waals surface area contributed by atoms with Crippen LogP contribution >= 0.6 is 11.3 Å². The lowest BCUT2D eigenvalue weighted by atomic mass is 10.2. The summed E-state index contributed by atoms with van der Waals surface area (Å²) >= 11 is 1.72. The van der Waals surface area contributed by atoms with Gasteiger partial charge in [0.2, 0.25) is 0 Å². The Labute approximate surface area is 93.8 Å². The SMILES string of the molecule is CC(C)Cn1cnnc1Cc1ccsc1. The van der Waals surface area contributed by atoms with Crippen LogP contribution in [0.1, 0.15) is 25.2 Å². The molecule has 2 aromatic rings. The summed E-state index contributed by atoms with van der Waals surface area (Å²) in [4.78, 5) is 0. The van der Waals surface area contributed by atoms with Crippen LogP contribution in [-0.2, 0) is 13.0 Å². The maximum atomic E-state index is 4.16. The summed E-state index contributed by atoms with van der Waals surface area (Å²) < 4.78 is 2.14. The first-order valence-electron chi connectivity index (χ1n) is 5.13. The maximum absolute atomic E-state index is 4.16. The Kier molecular flexibility index (Phi) is 3.16. The van der Waals surface area contributed by atoms with Gasteiger partial charge >= 0.3 is 0 Å². The van der Waals surface area contributed by atoms with Crippen molar-refractivity contribution in [3.05, 3.63) is 34.5 Å². The van der Waals surface area contributed by atoms with Gasteiger partial charge in [0.05, 0.1) is 0 Å². The molecule has 3 nitrogen and oxygen atoms in total. The van der Waals surface area contributed by atoms with Crippen molar-refractivity contribution >= 4 is 11.3 Å². The quantitative estimate of drug-likeness (QED) is 0.794. The third-order valence-electron chi connectivity index (χ3n) is 2.20. The molecule has 4 heteroatoms. The highest BCUT2D eigenvalue weighted by molar-refractivity contribution is 7.07. The average Bonchev–Trinajstić information content (AvgIpc) is 2.78. The molecule has 0 bridgehead atoms.